The van der Waals surface area contributed by atoms with Gasteiger partial charge in [0.25, 0.3) is 0 Å². The molecule has 0 aromatic heterocycles. The maximum atomic E-state index is 12.3. The van der Waals surface area contributed by atoms with Crippen molar-refractivity contribution in [3.63, 3.8) is 0 Å². The summed E-state index contributed by atoms with van der Waals surface area (Å²) in [5, 5.41) is 0. The number of esters is 2. The normalized spacial score (nSPS) is 10.5. The van der Waals surface area contributed by atoms with Gasteiger partial charge in [0.05, 0.1) is 11.1 Å². The molecule has 0 radical (unpaired) electrons. The molecular weight excluding hydrogens is 376 g/mol. The zero-order chi connectivity index (χ0) is 21.7. The fourth-order valence-corrected chi connectivity index (χ4v) is 3.11. The Balaban J connectivity index is 1.58. The first-order valence-corrected chi connectivity index (χ1v) is 9.90. The highest BCUT2D eigenvalue weighted by Crippen LogP contribution is 2.15. The van der Waals surface area contributed by atoms with Gasteiger partial charge in [0.2, 0.25) is 0 Å². The Morgan fingerprint density at radius 1 is 0.600 bits per heavy atom. The van der Waals surface area contributed by atoms with Gasteiger partial charge in [-0.1, -0.05) is 47.5 Å². The number of aryl methyl sites for hydroxylation is 4. The molecule has 4 nitrogen and oxygen atoms in total. The average molecular weight is 402 g/mol. The van der Waals surface area contributed by atoms with Crippen molar-refractivity contribution < 1.29 is 19.1 Å². The van der Waals surface area contributed by atoms with Crippen molar-refractivity contribution in [1.82, 2.24) is 0 Å². The zero-order valence-electron chi connectivity index (χ0n) is 17.8. The van der Waals surface area contributed by atoms with Gasteiger partial charge in [-0.15, -0.1) is 0 Å². The molecule has 0 atom stereocenters. The first-order valence-electron chi connectivity index (χ1n) is 9.90. The molecule has 0 bridgehead atoms. The van der Waals surface area contributed by atoms with Crippen LogP contribution in [0.4, 0.5) is 0 Å². The highest BCUT2D eigenvalue weighted by atomic mass is 16.5. The molecule has 4 heteroatoms. The molecular formula is C26H26O4. The summed E-state index contributed by atoms with van der Waals surface area (Å²) in [6, 6.07) is 18.4. The van der Waals surface area contributed by atoms with Crippen molar-refractivity contribution in [2.75, 3.05) is 0 Å². The highest BCUT2D eigenvalue weighted by molar-refractivity contribution is 5.93. The first kappa shape index (κ1) is 21.3. The van der Waals surface area contributed by atoms with Crippen molar-refractivity contribution in [1.29, 1.82) is 0 Å². The summed E-state index contributed by atoms with van der Waals surface area (Å²) in [5.41, 5.74) is 7.15. The number of hydrogen-bond donors (Lipinski definition) is 0. The third-order valence-electron chi connectivity index (χ3n) is 5.08. The smallest absolute Gasteiger partial charge is 0.338 e. The van der Waals surface area contributed by atoms with Crippen LogP contribution in [0.5, 0.6) is 0 Å². The van der Waals surface area contributed by atoms with Gasteiger partial charge in [-0.2, -0.15) is 0 Å². The van der Waals surface area contributed by atoms with E-state index in [0.717, 1.165) is 33.4 Å². The van der Waals surface area contributed by atoms with E-state index >= 15 is 0 Å². The van der Waals surface area contributed by atoms with E-state index in [1.165, 1.54) is 0 Å². The standard InChI is InChI=1S/C26H26O4/c1-17-5-7-19(3)23(13-17)15-29-25(27)21-9-11-22(12-10-21)26(28)30-16-24-14-18(2)6-8-20(24)4/h5-14H,15-16H2,1-4H3. The molecule has 0 spiro atoms. The number of ether oxygens (including phenoxy) is 2. The number of carbonyl (C=O) groups is 2. The van der Waals surface area contributed by atoms with Gasteiger partial charge in [-0.25, -0.2) is 9.59 Å². The van der Waals surface area contributed by atoms with E-state index in [1.807, 2.05) is 64.1 Å². The monoisotopic (exact) mass is 402 g/mol. The largest absolute Gasteiger partial charge is 0.457 e. The van der Waals surface area contributed by atoms with E-state index in [-0.39, 0.29) is 13.2 Å². The maximum absolute atomic E-state index is 12.3. The van der Waals surface area contributed by atoms with Crippen LogP contribution in [0.1, 0.15) is 54.1 Å². The molecule has 3 aromatic carbocycles. The summed E-state index contributed by atoms with van der Waals surface area (Å²) in [4.78, 5) is 24.7. The topological polar surface area (TPSA) is 52.6 Å². The number of benzene rings is 3. The Hall–Kier alpha value is -3.40. The number of rotatable bonds is 6. The number of hydrogen-bond acceptors (Lipinski definition) is 4. The lowest BCUT2D eigenvalue weighted by molar-refractivity contribution is 0.0458. The molecule has 0 saturated heterocycles. The minimum Gasteiger partial charge on any atom is -0.457 e. The Labute approximate surface area is 177 Å². The molecule has 0 fully saturated rings. The second kappa shape index (κ2) is 9.40. The van der Waals surface area contributed by atoms with Crippen LogP contribution < -0.4 is 0 Å². The third kappa shape index (κ3) is 5.35. The fourth-order valence-electron chi connectivity index (χ4n) is 3.11. The van der Waals surface area contributed by atoms with Gasteiger partial charge in [-0.05, 0) is 74.2 Å². The Kier molecular flexibility index (Phi) is 6.68. The molecule has 0 aliphatic rings. The van der Waals surface area contributed by atoms with E-state index in [2.05, 4.69) is 0 Å². The molecule has 30 heavy (non-hydrogen) atoms. The SMILES string of the molecule is Cc1ccc(C)c(COC(=O)c2ccc(C(=O)OCc3cc(C)ccc3C)cc2)c1. The van der Waals surface area contributed by atoms with Gasteiger partial charge in [0, 0.05) is 0 Å². The zero-order valence-corrected chi connectivity index (χ0v) is 17.8. The summed E-state index contributed by atoms with van der Waals surface area (Å²) >= 11 is 0. The van der Waals surface area contributed by atoms with Crippen molar-refractivity contribution in [2.24, 2.45) is 0 Å². The van der Waals surface area contributed by atoms with Gasteiger partial charge in [0.15, 0.2) is 0 Å². The van der Waals surface area contributed by atoms with Crippen LogP contribution >= 0.6 is 0 Å². The van der Waals surface area contributed by atoms with Gasteiger partial charge >= 0.3 is 11.9 Å². The lowest BCUT2D eigenvalue weighted by Crippen LogP contribution is -2.09. The molecule has 0 aliphatic heterocycles. The Morgan fingerprint density at radius 3 is 1.33 bits per heavy atom. The number of carbonyl (C=O) groups excluding carboxylic acids is 2. The van der Waals surface area contributed by atoms with E-state index < -0.39 is 11.9 Å². The van der Waals surface area contributed by atoms with E-state index in [9.17, 15) is 9.59 Å². The van der Waals surface area contributed by atoms with Crippen LogP contribution in [0.2, 0.25) is 0 Å². The van der Waals surface area contributed by atoms with Gasteiger partial charge in [0.1, 0.15) is 13.2 Å². The minimum absolute atomic E-state index is 0.214. The molecule has 0 saturated carbocycles. The van der Waals surface area contributed by atoms with E-state index in [0.29, 0.717) is 11.1 Å². The molecule has 0 N–H and O–H groups in total. The van der Waals surface area contributed by atoms with Crippen LogP contribution in [0.25, 0.3) is 0 Å². The summed E-state index contributed by atoms with van der Waals surface area (Å²) in [6.07, 6.45) is 0. The second-order valence-electron chi connectivity index (χ2n) is 7.59. The summed E-state index contributed by atoms with van der Waals surface area (Å²) in [6.45, 7) is 8.41. The molecule has 3 aromatic rings. The van der Waals surface area contributed by atoms with Crippen LogP contribution in [-0.4, -0.2) is 11.9 Å². The Morgan fingerprint density at radius 2 is 0.967 bits per heavy atom. The molecule has 154 valence electrons. The molecule has 0 amide bonds. The van der Waals surface area contributed by atoms with Crippen molar-refractivity contribution in [2.45, 2.75) is 40.9 Å². The van der Waals surface area contributed by atoms with Crippen molar-refractivity contribution >= 4 is 11.9 Å². The molecule has 0 unspecified atom stereocenters. The molecule has 3 rings (SSSR count). The predicted octanol–water partition coefficient (Wildman–Crippen LogP) is 5.63. The quantitative estimate of drug-likeness (QED) is 0.501. The molecule has 0 aliphatic carbocycles. The van der Waals surface area contributed by atoms with Gasteiger partial charge in [-0.3, -0.25) is 0 Å². The average Bonchev–Trinajstić information content (AvgIpc) is 2.74. The second-order valence-corrected chi connectivity index (χ2v) is 7.59. The fraction of sp³-hybridized carbons (Fsp3) is 0.231. The third-order valence-corrected chi connectivity index (χ3v) is 5.08. The van der Waals surface area contributed by atoms with Crippen LogP contribution in [-0.2, 0) is 22.7 Å². The van der Waals surface area contributed by atoms with Crippen LogP contribution in [0.3, 0.4) is 0 Å². The first-order chi connectivity index (χ1) is 14.3. The maximum Gasteiger partial charge on any atom is 0.338 e. The van der Waals surface area contributed by atoms with Crippen molar-refractivity contribution in [3.05, 3.63) is 105 Å². The lowest BCUT2D eigenvalue weighted by Gasteiger charge is -2.10. The van der Waals surface area contributed by atoms with Crippen LogP contribution in [0.15, 0.2) is 60.7 Å². The van der Waals surface area contributed by atoms with E-state index in [1.54, 1.807) is 24.3 Å². The summed E-state index contributed by atoms with van der Waals surface area (Å²) in [5.74, 6) is -0.850. The van der Waals surface area contributed by atoms with Gasteiger partial charge < -0.3 is 9.47 Å². The summed E-state index contributed by atoms with van der Waals surface area (Å²) in [7, 11) is 0. The Bertz CT molecular complexity index is 978. The van der Waals surface area contributed by atoms with E-state index in [4.69, 9.17) is 9.47 Å². The minimum atomic E-state index is -0.425. The lowest BCUT2D eigenvalue weighted by atomic mass is 10.1. The summed E-state index contributed by atoms with van der Waals surface area (Å²) < 4.78 is 10.8. The van der Waals surface area contributed by atoms with Crippen LogP contribution in [0, 0.1) is 27.7 Å². The van der Waals surface area contributed by atoms with Crippen molar-refractivity contribution in [3.8, 4) is 0 Å². The highest BCUT2D eigenvalue weighted by Gasteiger charge is 2.12. The predicted molar refractivity (Wildman–Crippen MR) is 117 cm³/mol. The molecule has 0 heterocycles.